The molecule has 90 valence electrons. The van der Waals surface area contributed by atoms with Gasteiger partial charge in [-0.1, -0.05) is 6.92 Å². The third-order valence-electron chi connectivity index (χ3n) is 2.45. The van der Waals surface area contributed by atoms with E-state index >= 15 is 0 Å². The van der Waals surface area contributed by atoms with E-state index in [4.69, 9.17) is 14.6 Å². The molecule has 17 heavy (non-hydrogen) atoms. The number of benzene rings is 1. The van der Waals surface area contributed by atoms with Crippen LogP contribution in [0.3, 0.4) is 0 Å². The molecule has 0 atom stereocenters. The molecule has 1 N–H and O–H groups in total. The van der Waals surface area contributed by atoms with Gasteiger partial charge in [0.2, 0.25) is 0 Å². The number of carbonyl (C=O) groups is 1. The van der Waals surface area contributed by atoms with Crippen molar-refractivity contribution in [1.29, 1.82) is 0 Å². The van der Waals surface area contributed by atoms with E-state index in [9.17, 15) is 4.79 Å². The predicted molar refractivity (Wildman–Crippen MR) is 63.3 cm³/mol. The second-order valence-electron chi connectivity index (χ2n) is 3.81. The van der Waals surface area contributed by atoms with Crippen molar-refractivity contribution in [3.63, 3.8) is 0 Å². The van der Waals surface area contributed by atoms with E-state index < -0.39 is 5.97 Å². The zero-order valence-electron chi connectivity index (χ0n) is 9.60. The van der Waals surface area contributed by atoms with Gasteiger partial charge in [0, 0.05) is 11.6 Å². The maximum Gasteiger partial charge on any atom is 0.335 e. The molecule has 1 heterocycles. The second-order valence-corrected chi connectivity index (χ2v) is 3.81. The van der Waals surface area contributed by atoms with Gasteiger partial charge in [0.1, 0.15) is 18.1 Å². The predicted octanol–water partition coefficient (Wildman–Crippen LogP) is 2.34. The number of hydrogen-bond donors (Lipinski definition) is 1. The van der Waals surface area contributed by atoms with Crippen molar-refractivity contribution in [3.8, 4) is 11.5 Å². The van der Waals surface area contributed by atoms with Crippen LogP contribution >= 0.6 is 0 Å². The number of hydrogen-bond acceptors (Lipinski definition) is 3. The Morgan fingerprint density at radius 1 is 1.53 bits per heavy atom. The molecule has 1 aliphatic heterocycles. The summed E-state index contributed by atoms with van der Waals surface area (Å²) in [6, 6.07) is 5.42. The molecule has 0 radical (unpaired) electrons. The van der Waals surface area contributed by atoms with E-state index in [2.05, 4.69) is 0 Å². The van der Waals surface area contributed by atoms with Crippen LogP contribution in [0.5, 0.6) is 11.5 Å². The van der Waals surface area contributed by atoms with E-state index in [-0.39, 0.29) is 12.2 Å². The van der Waals surface area contributed by atoms with Crippen LogP contribution in [-0.4, -0.2) is 24.3 Å². The Kier molecular flexibility index (Phi) is 3.32. The van der Waals surface area contributed by atoms with Gasteiger partial charge in [-0.3, -0.25) is 0 Å². The molecule has 0 fully saturated rings. The van der Waals surface area contributed by atoms with Gasteiger partial charge in [-0.15, -0.1) is 0 Å². The lowest BCUT2D eigenvalue weighted by Gasteiger charge is -2.16. The summed E-state index contributed by atoms with van der Waals surface area (Å²) < 4.78 is 10.9. The van der Waals surface area contributed by atoms with Gasteiger partial charge in [-0.25, -0.2) is 4.79 Å². The molecule has 0 aromatic heterocycles. The largest absolute Gasteiger partial charge is 0.493 e. The number of carboxylic acid groups (broad SMARTS) is 1. The van der Waals surface area contributed by atoms with Crippen molar-refractivity contribution >= 4 is 12.0 Å². The van der Waals surface area contributed by atoms with Crippen molar-refractivity contribution in [2.75, 3.05) is 13.2 Å². The van der Waals surface area contributed by atoms with Gasteiger partial charge in [0.15, 0.2) is 0 Å². The normalized spacial score (nSPS) is 13.4. The first kappa shape index (κ1) is 11.5. The topological polar surface area (TPSA) is 55.8 Å². The Bertz CT molecular complexity index is 462. The van der Waals surface area contributed by atoms with Crippen molar-refractivity contribution in [1.82, 2.24) is 0 Å². The molecule has 2 rings (SSSR count). The van der Waals surface area contributed by atoms with Crippen LogP contribution in [0.4, 0.5) is 0 Å². The van der Waals surface area contributed by atoms with Crippen LogP contribution in [0.15, 0.2) is 23.8 Å². The monoisotopic (exact) mass is 234 g/mol. The molecule has 0 unspecified atom stereocenters. The molecule has 4 nitrogen and oxygen atoms in total. The molecule has 0 amide bonds. The lowest BCUT2D eigenvalue weighted by atomic mass is 10.1. The van der Waals surface area contributed by atoms with Crippen LogP contribution in [-0.2, 0) is 4.79 Å². The van der Waals surface area contributed by atoms with E-state index in [0.717, 1.165) is 17.7 Å². The Hall–Kier alpha value is -1.97. The molecular weight excluding hydrogens is 220 g/mol. The van der Waals surface area contributed by atoms with Gasteiger partial charge < -0.3 is 14.6 Å². The molecule has 0 bridgehead atoms. The summed E-state index contributed by atoms with van der Waals surface area (Å²) in [4.78, 5) is 10.8. The maximum absolute atomic E-state index is 10.8. The van der Waals surface area contributed by atoms with Crippen molar-refractivity contribution < 1.29 is 19.4 Å². The Morgan fingerprint density at radius 2 is 2.35 bits per heavy atom. The summed E-state index contributed by atoms with van der Waals surface area (Å²) in [7, 11) is 0. The standard InChI is InChI=1S/C13H14O4/c1-2-5-16-11-4-3-9-6-10(13(14)15)8-17-12(9)7-11/h3-4,6-7H,2,5,8H2,1H3,(H,14,15). The molecule has 0 saturated carbocycles. The lowest BCUT2D eigenvalue weighted by molar-refractivity contribution is -0.132. The van der Waals surface area contributed by atoms with Crippen LogP contribution < -0.4 is 9.47 Å². The number of carboxylic acids is 1. The molecule has 0 aliphatic carbocycles. The Labute approximate surface area is 99.5 Å². The highest BCUT2D eigenvalue weighted by atomic mass is 16.5. The highest BCUT2D eigenvalue weighted by Gasteiger charge is 2.16. The minimum atomic E-state index is -0.943. The molecule has 1 aromatic rings. The number of ether oxygens (including phenoxy) is 2. The molecule has 1 aliphatic rings. The third-order valence-corrected chi connectivity index (χ3v) is 2.45. The van der Waals surface area contributed by atoms with Crippen molar-refractivity contribution in [2.45, 2.75) is 13.3 Å². The maximum atomic E-state index is 10.8. The zero-order valence-corrected chi connectivity index (χ0v) is 9.60. The molecule has 1 aromatic carbocycles. The average Bonchev–Trinajstić information content (AvgIpc) is 2.35. The summed E-state index contributed by atoms with van der Waals surface area (Å²) in [5.41, 5.74) is 1.04. The van der Waals surface area contributed by atoms with Gasteiger partial charge in [0.05, 0.1) is 12.2 Å². The first-order valence-corrected chi connectivity index (χ1v) is 5.54. The van der Waals surface area contributed by atoms with E-state index in [1.807, 2.05) is 19.1 Å². The first-order valence-electron chi connectivity index (χ1n) is 5.54. The average molecular weight is 234 g/mol. The van der Waals surface area contributed by atoms with Crippen molar-refractivity contribution in [2.24, 2.45) is 0 Å². The SMILES string of the molecule is CCCOc1ccc2c(c1)OCC(C(=O)O)=C2. The number of aliphatic carboxylic acids is 1. The smallest absolute Gasteiger partial charge is 0.335 e. The van der Waals surface area contributed by atoms with E-state index in [1.165, 1.54) is 0 Å². The Balaban J connectivity index is 2.22. The van der Waals surface area contributed by atoms with Gasteiger partial charge >= 0.3 is 5.97 Å². The fourth-order valence-electron chi connectivity index (χ4n) is 1.58. The fourth-order valence-corrected chi connectivity index (χ4v) is 1.58. The zero-order chi connectivity index (χ0) is 12.3. The summed E-state index contributed by atoms with van der Waals surface area (Å²) in [5, 5.41) is 8.86. The van der Waals surface area contributed by atoms with Crippen LogP contribution in [0.2, 0.25) is 0 Å². The number of fused-ring (bicyclic) bond motifs is 1. The summed E-state index contributed by atoms with van der Waals surface area (Å²) in [6.45, 7) is 2.80. The minimum Gasteiger partial charge on any atom is -0.493 e. The van der Waals surface area contributed by atoms with E-state index in [0.29, 0.717) is 12.4 Å². The molecule has 0 spiro atoms. The van der Waals surface area contributed by atoms with Crippen molar-refractivity contribution in [3.05, 3.63) is 29.3 Å². The van der Waals surface area contributed by atoms with Gasteiger partial charge in [0.25, 0.3) is 0 Å². The first-order chi connectivity index (χ1) is 8.20. The Morgan fingerprint density at radius 3 is 3.06 bits per heavy atom. The highest BCUT2D eigenvalue weighted by Crippen LogP contribution is 2.30. The highest BCUT2D eigenvalue weighted by molar-refractivity contribution is 5.93. The minimum absolute atomic E-state index is 0.0968. The van der Waals surface area contributed by atoms with Gasteiger partial charge in [-0.05, 0) is 24.6 Å². The molecule has 4 heteroatoms. The molecule has 0 saturated heterocycles. The second kappa shape index (κ2) is 4.91. The quantitative estimate of drug-likeness (QED) is 0.868. The lowest BCUT2D eigenvalue weighted by Crippen LogP contribution is -2.14. The van der Waals surface area contributed by atoms with Gasteiger partial charge in [-0.2, -0.15) is 0 Å². The summed E-state index contributed by atoms with van der Waals surface area (Å²) in [6.07, 6.45) is 2.58. The fraction of sp³-hybridized carbons (Fsp3) is 0.308. The van der Waals surface area contributed by atoms with Crippen LogP contribution in [0.25, 0.3) is 6.08 Å². The summed E-state index contributed by atoms with van der Waals surface area (Å²) >= 11 is 0. The summed E-state index contributed by atoms with van der Waals surface area (Å²) in [5.74, 6) is 0.475. The van der Waals surface area contributed by atoms with Crippen LogP contribution in [0.1, 0.15) is 18.9 Å². The number of rotatable bonds is 4. The van der Waals surface area contributed by atoms with Crippen LogP contribution in [0, 0.1) is 0 Å². The molecular formula is C13H14O4. The van der Waals surface area contributed by atoms with E-state index in [1.54, 1.807) is 12.1 Å². The third kappa shape index (κ3) is 2.58.